The third-order valence-corrected chi connectivity index (χ3v) is 9.47. The van der Waals surface area contributed by atoms with Gasteiger partial charge in [-0.3, -0.25) is 9.59 Å². The minimum absolute atomic E-state index is 0.0514. The number of esters is 1. The largest absolute Gasteiger partial charge is 0.464 e. The molecule has 3 aromatic rings. The Bertz CT molecular complexity index is 1440. The van der Waals surface area contributed by atoms with E-state index in [0.717, 1.165) is 19.1 Å². The van der Waals surface area contributed by atoms with E-state index in [9.17, 15) is 22.8 Å². The Morgan fingerprint density at radius 3 is 2.51 bits per heavy atom. The quantitative estimate of drug-likeness (QED) is 0.209. The van der Waals surface area contributed by atoms with Gasteiger partial charge in [0.1, 0.15) is 12.0 Å². The number of hydrogen-bond donors (Lipinski definition) is 1. The van der Waals surface area contributed by atoms with Crippen molar-refractivity contribution >= 4 is 50.1 Å². The van der Waals surface area contributed by atoms with Crippen molar-refractivity contribution in [3.63, 3.8) is 0 Å². The van der Waals surface area contributed by atoms with Crippen molar-refractivity contribution < 1.29 is 27.2 Å². The summed E-state index contributed by atoms with van der Waals surface area (Å²) in [7, 11) is -3.66. The molecule has 1 N–H and O–H groups in total. The summed E-state index contributed by atoms with van der Waals surface area (Å²) in [5.74, 6) is -0.494. The molecule has 0 spiro atoms. The smallest absolute Gasteiger partial charge is 0.343 e. The maximum atomic E-state index is 12.6. The number of nitrogens with zero attached hydrogens (tertiary/aromatic N) is 3. The van der Waals surface area contributed by atoms with Crippen LogP contribution in [0.5, 0.6) is 5.75 Å². The lowest BCUT2D eigenvalue weighted by molar-refractivity contribution is -0.117. The van der Waals surface area contributed by atoms with Crippen LogP contribution in [-0.4, -0.2) is 47.9 Å². The summed E-state index contributed by atoms with van der Waals surface area (Å²) in [4.78, 5) is 36.8. The van der Waals surface area contributed by atoms with Crippen LogP contribution in [0.1, 0.15) is 42.8 Å². The van der Waals surface area contributed by atoms with Gasteiger partial charge in [0.25, 0.3) is 0 Å². The van der Waals surface area contributed by atoms with Crippen molar-refractivity contribution in [2.75, 3.05) is 18.4 Å². The van der Waals surface area contributed by atoms with E-state index in [-0.39, 0.29) is 33.8 Å². The van der Waals surface area contributed by atoms with E-state index in [4.69, 9.17) is 9.15 Å². The molecule has 0 unspecified atom stereocenters. The van der Waals surface area contributed by atoms with Crippen molar-refractivity contribution in [2.45, 2.75) is 41.7 Å². The lowest BCUT2D eigenvalue weighted by Crippen LogP contribution is -2.30. The Morgan fingerprint density at radius 2 is 1.89 bits per heavy atom. The second-order valence-corrected chi connectivity index (χ2v) is 12.1. The molecule has 0 bridgehead atoms. The summed E-state index contributed by atoms with van der Waals surface area (Å²) in [6, 6.07) is 6.52. The average Bonchev–Trinajstić information content (AvgIpc) is 3.65. The molecule has 4 rings (SSSR count). The van der Waals surface area contributed by atoms with E-state index in [2.05, 4.69) is 15.5 Å². The summed E-state index contributed by atoms with van der Waals surface area (Å²) in [5, 5.41) is 11.1. The van der Waals surface area contributed by atoms with Crippen LogP contribution < -0.4 is 15.5 Å². The topological polar surface area (TPSA) is 149 Å². The second-order valence-electron chi connectivity index (χ2n) is 8.00. The minimum atomic E-state index is -3.66. The highest BCUT2D eigenvalue weighted by molar-refractivity contribution is 8.00. The molecule has 1 saturated carbocycles. The molecular formula is C23H24N4O7S3. The Balaban J connectivity index is 1.34. The zero-order valence-electron chi connectivity index (χ0n) is 20.0. The van der Waals surface area contributed by atoms with Gasteiger partial charge in [-0.05, 0) is 37.1 Å². The first kappa shape index (κ1) is 27.0. The van der Waals surface area contributed by atoms with Crippen molar-refractivity contribution in [3.05, 3.63) is 58.1 Å². The van der Waals surface area contributed by atoms with Gasteiger partial charge < -0.3 is 14.5 Å². The molecule has 1 aromatic carbocycles. The van der Waals surface area contributed by atoms with Crippen LogP contribution >= 0.6 is 23.1 Å². The van der Waals surface area contributed by atoms with Gasteiger partial charge in [-0.15, -0.1) is 10.2 Å². The first-order valence-electron chi connectivity index (χ1n) is 11.4. The molecule has 0 aliphatic heterocycles. The number of thioether (sulfide) groups is 1. The van der Waals surface area contributed by atoms with Gasteiger partial charge in [-0.1, -0.05) is 36.9 Å². The van der Waals surface area contributed by atoms with E-state index in [1.54, 1.807) is 13.8 Å². The number of aromatic nitrogens is 2. The molecule has 0 radical (unpaired) electrons. The molecule has 14 heteroatoms. The maximum absolute atomic E-state index is 12.6. The lowest BCUT2D eigenvalue weighted by atomic mass is 10.2. The van der Waals surface area contributed by atoms with Gasteiger partial charge >= 0.3 is 5.97 Å². The number of amides is 1. The average molecular weight is 565 g/mol. The first-order chi connectivity index (χ1) is 17.7. The van der Waals surface area contributed by atoms with Crippen LogP contribution in [0.4, 0.5) is 5.13 Å². The molecule has 196 valence electrons. The van der Waals surface area contributed by atoms with Crippen molar-refractivity contribution in [1.29, 1.82) is 0 Å². The van der Waals surface area contributed by atoms with Crippen molar-refractivity contribution in [1.82, 2.24) is 14.5 Å². The van der Waals surface area contributed by atoms with Crippen LogP contribution in [0.2, 0.25) is 0 Å². The van der Waals surface area contributed by atoms with Crippen LogP contribution in [0.15, 0.2) is 55.0 Å². The number of ether oxygens (including phenoxy) is 1. The Morgan fingerprint density at radius 1 is 1.19 bits per heavy atom. The lowest BCUT2D eigenvalue weighted by Gasteiger charge is -2.18. The molecule has 2 heterocycles. The molecule has 1 aliphatic carbocycles. The highest BCUT2D eigenvalue weighted by Crippen LogP contribution is 2.32. The van der Waals surface area contributed by atoms with Crippen molar-refractivity contribution in [3.8, 4) is 5.75 Å². The summed E-state index contributed by atoms with van der Waals surface area (Å²) < 4.78 is 37.7. The zero-order chi connectivity index (χ0) is 26.6. The number of carbonyl (C=O) groups is 2. The summed E-state index contributed by atoms with van der Waals surface area (Å²) in [6.07, 6.45) is 2.84. The number of benzene rings is 1. The summed E-state index contributed by atoms with van der Waals surface area (Å²) in [6.45, 7) is 4.14. The Labute approximate surface area is 221 Å². The minimum Gasteiger partial charge on any atom is -0.464 e. The number of hydrogen-bond acceptors (Lipinski definition) is 11. The van der Waals surface area contributed by atoms with Crippen molar-refractivity contribution in [2.24, 2.45) is 5.92 Å². The number of anilines is 1. The van der Waals surface area contributed by atoms with E-state index >= 15 is 0 Å². The van der Waals surface area contributed by atoms with Gasteiger partial charge in [0.15, 0.2) is 4.34 Å². The predicted molar refractivity (Wildman–Crippen MR) is 137 cm³/mol. The summed E-state index contributed by atoms with van der Waals surface area (Å²) in [5.41, 5.74) is -0.469. The van der Waals surface area contributed by atoms with E-state index in [0.29, 0.717) is 28.3 Å². The van der Waals surface area contributed by atoms with E-state index in [1.165, 1.54) is 57.7 Å². The molecule has 1 aliphatic rings. The molecule has 2 aromatic heterocycles. The predicted octanol–water partition coefficient (Wildman–Crippen LogP) is 3.38. The third kappa shape index (κ3) is 6.63. The van der Waals surface area contributed by atoms with Crippen LogP contribution in [0.3, 0.4) is 0 Å². The first-order valence-corrected chi connectivity index (χ1v) is 14.7. The fourth-order valence-electron chi connectivity index (χ4n) is 3.23. The normalized spacial score (nSPS) is 13.5. The molecule has 1 amide bonds. The third-order valence-electron chi connectivity index (χ3n) is 5.41. The molecule has 0 atom stereocenters. The fraction of sp³-hybridized carbons (Fsp3) is 0.348. The van der Waals surface area contributed by atoms with Gasteiger partial charge in [-0.2, -0.15) is 4.31 Å². The molecule has 0 saturated heterocycles. The van der Waals surface area contributed by atoms with E-state index < -0.39 is 21.4 Å². The molecule has 11 nitrogen and oxygen atoms in total. The SMILES string of the molecule is CCN(CC)S(=O)(=O)c1ccc(C(=O)Oc2coc(CSc3nnc(NC(=O)C4CC4)s3)cc2=O)cc1. The van der Waals surface area contributed by atoms with E-state index in [1.807, 2.05) is 0 Å². The second kappa shape index (κ2) is 11.5. The number of rotatable bonds is 11. The van der Waals surface area contributed by atoms with Crippen LogP contribution in [0.25, 0.3) is 0 Å². The highest BCUT2D eigenvalue weighted by Gasteiger charge is 2.30. The van der Waals surface area contributed by atoms with Crippen LogP contribution in [-0.2, 0) is 20.6 Å². The number of carbonyl (C=O) groups excluding carboxylic acids is 2. The van der Waals surface area contributed by atoms with Gasteiger partial charge in [0, 0.05) is 25.1 Å². The maximum Gasteiger partial charge on any atom is 0.343 e. The monoisotopic (exact) mass is 564 g/mol. The number of sulfonamides is 1. The molecule has 37 heavy (non-hydrogen) atoms. The molecule has 1 fully saturated rings. The van der Waals surface area contributed by atoms with Gasteiger partial charge in [0.2, 0.25) is 32.2 Å². The van der Waals surface area contributed by atoms with Gasteiger partial charge in [-0.25, -0.2) is 13.2 Å². The van der Waals surface area contributed by atoms with Crippen LogP contribution in [0, 0.1) is 5.92 Å². The Hall–Kier alpha value is -3.07. The molecular weight excluding hydrogens is 540 g/mol. The van der Waals surface area contributed by atoms with Gasteiger partial charge in [0.05, 0.1) is 16.2 Å². The Kier molecular flexibility index (Phi) is 8.42. The zero-order valence-corrected chi connectivity index (χ0v) is 22.5. The highest BCUT2D eigenvalue weighted by atomic mass is 32.2. The standard InChI is InChI=1S/C23H24N4O7S3/c1-3-27(4-2)37(31,32)17-9-7-15(8-10-17)21(30)34-19-12-33-16(11-18(19)28)13-35-23-26-25-22(36-23)24-20(29)14-5-6-14/h7-12,14H,3-6,13H2,1-2H3,(H,24,25,29). The fourth-order valence-corrected chi connectivity index (χ4v) is 6.33. The summed E-state index contributed by atoms with van der Waals surface area (Å²) >= 11 is 2.50. The number of nitrogens with one attached hydrogen (secondary N) is 1.